The Morgan fingerprint density at radius 1 is 1.21 bits per heavy atom. The van der Waals surface area contributed by atoms with E-state index in [1.54, 1.807) is 16.5 Å². The lowest BCUT2D eigenvalue weighted by atomic mass is 10.1. The Labute approximate surface area is 164 Å². The van der Waals surface area contributed by atoms with E-state index in [1.807, 2.05) is 44.6 Å². The van der Waals surface area contributed by atoms with E-state index in [-0.39, 0.29) is 12.4 Å². The Bertz CT molecular complexity index is 1030. The molecule has 0 amide bonds. The van der Waals surface area contributed by atoms with Crippen LogP contribution in [-0.2, 0) is 20.0 Å². The largest absolute Gasteiger partial charge is 0.439 e. The fourth-order valence-electron chi connectivity index (χ4n) is 3.54. The summed E-state index contributed by atoms with van der Waals surface area (Å²) in [5, 5.41) is 1.04. The number of halogens is 1. The number of para-hydroxylation sites is 1. The van der Waals surface area contributed by atoms with E-state index in [2.05, 4.69) is 4.90 Å². The summed E-state index contributed by atoms with van der Waals surface area (Å²) in [6, 6.07) is 14.1. The lowest BCUT2D eigenvalue weighted by Crippen LogP contribution is -2.17. The highest BCUT2D eigenvalue weighted by Crippen LogP contribution is 2.58. The van der Waals surface area contributed by atoms with Crippen LogP contribution in [0.1, 0.15) is 23.7 Å². The van der Waals surface area contributed by atoms with Gasteiger partial charge in [-0.1, -0.05) is 30.3 Å². The van der Waals surface area contributed by atoms with Gasteiger partial charge in [-0.2, -0.15) is 0 Å². The lowest BCUT2D eigenvalue weighted by Gasteiger charge is -2.30. The van der Waals surface area contributed by atoms with Gasteiger partial charge < -0.3 is 4.90 Å². The van der Waals surface area contributed by atoms with E-state index in [0.29, 0.717) is 12.0 Å². The maximum absolute atomic E-state index is 13.7. The van der Waals surface area contributed by atoms with Crippen LogP contribution in [0.4, 0.5) is 4.39 Å². The first-order valence-corrected chi connectivity index (χ1v) is 10.9. The molecular weight excluding hydrogens is 378 g/mol. The molecular formula is C21H24FN2O3P. The first-order valence-electron chi connectivity index (χ1n) is 9.39. The van der Waals surface area contributed by atoms with Gasteiger partial charge in [0.05, 0.1) is 18.2 Å². The molecule has 0 aliphatic carbocycles. The van der Waals surface area contributed by atoms with Gasteiger partial charge >= 0.3 is 7.75 Å². The summed E-state index contributed by atoms with van der Waals surface area (Å²) in [4.78, 5) is 2.11. The molecule has 4 rings (SSSR count). The third-order valence-corrected chi connectivity index (χ3v) is 6.87. The molecule has 0 N–H and O–H groups in total. The van der Waals surface area contributed by atoms with Crippen LogP contribution >= 0.6 is 7.75 Å². The van der Waals surface area contributed by atoms with Gasteiger partial charge in [-0.25, -0.2) is 8.96 Å². The van der Waals surface area contributed by atoms with Crippen LogP contribution in [0.2, 0.25) is 0 Å². The van der Waals surface area contributed by atoms with Crippen LogP contribution in [0.15, 0.2) is 54.7 Å². The predicted molar refractivity (Wildman–Crippen MR) is 108 cm³/mol. The fraction of sp³-hybridized carbons (Fsp3) is 0.333. The van der Waals surface area contributed by atoms with Crippen molar-refractivity contribution in [2.75, 3.05) is 27.2 Å². The zero-order valence-electron chi connectivity index (χ0n) is 16.0. The monoisotopic (exact) mass is 402 g/mol. The minimum Gasteiger partial charge on any atom is -0.309 e. The van der Waals surface area contributed by atoms with Gasteiger partial charge in [-0.3, -0.25) is 13.4 Å². The molecule has 0 bridgehead atoms. The number of nitrogens with zero attached hydrogens (tertiary/aromatic N) is 2. The molecule has 1 fully saturated rings. The zero-order valence-corrected chi connectivity index (χ0v) is 16.9. The molecule has 148 valence electrons. The third kappa shape index (κ3) is 3.78. The van der Waals surface area contributed by atoms with Gasteiger partial charge in [0.1, 0.15) is 5.82 Å². The molecule has 1 aromatic heterocycles. The quantitative estimate of drug-likeness (QED) is 0.562. The Morgan fingerprint density at radius 3 is 2.82 bits per heavy atom. The van der Waals surface area contributed by atoms with Gasteiger partial charge in [0.2, 0.25) is 0 Å². The predicted octanol–water partition coefficient (Wildman–Crippen LogP) is 5.02. The molecule has 3 aromatic rings. The molecule has 5 nitrogen and oxygen atoms in total. The normalized spacial score (nSPS) is 22.8. The summed E-state index contributed by atoms with van der Waals surface area (Å²) in [6.07, 6.45) is 2.76. The molecule has 2 aromatic carbocycles. The van der Waals surface area contributed by atoms with Crippen molar-refractivity contribution in [2.45, 2.75) is 18.9 Å². The summed E-state index contributed by atoms with van der Waals surface area (Å²) in [5.74, 6) is -0.334. The molecule has 1 aliphatic heterocycles. The summed E-state index contributed by atoms with van der Waals surface area (Å²) < 4.78 is 40.6. The van der Waals surface area contributed by atoms with E-state index in [0.717, 1.165) is 29.4 Å². The standard InChI is InChI=1S/C21H24FN2O3P/c1-23(2)12-10-17-15-24(20-9-4-3-8-19(17)20)28(25)26-13-11-21(27-28)16-6-5-7-18(22)14-16/h3-9,14-15,21H,10-13H2,1-2H3. The van der Waals surface area contributed by atoms with E-state index in [4.69, 9.17) is 9.05 Å². The van der Waals surface area contributed by atoms with Gasteiger partial charge in [0, 0.05) is 24.5 Å². The second kappa shape index (κ2) is 7.80. The second-order valence-electron chi connectivity index (χ2n) is 7.31. The number of likely N-dealkylation sites (N-methyl/N-ethyl adjacent to an activating group) is 1. The highest BCUT2D eigenvalue weighted by molar-refractivity contribution is 7.52. The summed E-state index contributed by atoms with van der Waals surface area (Å²) >= 11 is 0. The average Bonchev–Trinajstić information content (AvgIpc) is 3.06. The van der Waals surface area contributed by atoms with Crippen molar-refractivity contribution in [3.05, 3.63) is 71.7 Å². The van der Waals surface area contributed by atoms with Crippen LogP contribution in [0.25, 0.3) is 10.9 Å². The lowest BCUT2D eigenvalue weighted by molar-refractivity contribution is 0.0769. The highest BCUT2D eigenvalue weighted by Gasteiger charge is 2.37. The van der Waals surface area contributed by atoms with Crippen molar-refractivity contribution in [1.82, 2.24) is 9.24 Å². The Balaban J connectivity index is 1.71. The van der Waals surface area contributed by atoms with Gasteiger partial charge in [0.15, 0.2) is 0 Å². The maximum atomic E-state index is 13.7. The maximum Gasteiger partial charge on any atom is 0.439 e. The van der Waals surface area contributed by atoms with Crippen molar-refractivity contribution in [3.63, 3.8) is 0 Å². The Morgan fingerprint density at radius 2 is 2.04 bits per heavy atom. The van der Waals surface area contributed by atoms with Gasteiger partial charge in [-0.15, -0.1) is 0 Å². The van der Waals surface area contributed by atoms with Crippen LogP contribution in [-0.4, -0.2) is 36.5 Å². The van der Waals surface area contributed by atoms with E-state index in [1.165, 1.54) is 12.1 Å². The van der Waals surface area contributed by atoms with Crippen LogP contribution < -0.4 is 0 Å². The zero-order chi connectivity index (χ0) is 19.7. The van der Waals surface area contributed by atoms with Crippen molar-refractivity contribution in [1.29, 1.82) is 0 Å². The molecule has 1 saturated heterocycles. The number of benzene rings is 2. The number of fused-ring (bicyclic) bond motifs is 1. The highest BCUT2D eigenvalue weighted by atomic mass is 31.2. The number of hydrogen-bond donors (Lipinski definition) is 0. The number of hydrogen-bond acceptors (Lipinski definition) is 4. The molecule has 28 heavy (non-hydrogen) atoms. The SMILES string of the molecule is CN(C)CCc1cn(P2(=O)OCCC(c3cccc(F)c3)O2)c2ccccc12. The topological polar surface area (TPSA) is 43.7 Å². The summed E-state index contributed by atoms with van der Waals surface area (Å²) in [7, 11) is 0.458. The third-order valence-electron chi connectivity index (χ3n) is 4.98. The van der Waals surface area contributed by atoms with E-state index in [9.17, 15) is 8.96 Å². The van der Waals surface area contributed by atoms with E-state index < -0.39 is 13.9 Å². The van der Waals surface area contributed by atoms with Crippen molar-refractivity contribution >= 4 is 18.6 Å². The molecule has 2 heterocycles. The minimum atomic E-state index is -3.59. The molecule has 0 saturated carbocycles. The van der Waals surface area contributed by atoms with Crippen LogP contribution in [0.3, 0.4) is 0 Å². The summed E-state index contributed by atoms with van der Waals surface area (Å²) in [5.41, 5.74) is 2.59. The second-order valence-corrected chi connectivity index (χ2v) is 9.15. The average molecular weight is 402 g/mol. The van der Waals surface area contributed by atoms with Crippen LogP contribution in [0, 0.1) is 5.82 Å². The van der Waals surface area contributed by atoms with Crippen molar-refractivity contribution < 1.29 is 18.0 Å². The first kappa shape index (κ1) is 19.3. The Kier molecular flexibility index (Phi) is 5.39. The molecule has 1 aliphatic rings. The molecule has 2 unspecified atom stereocenters. The van der Waals surface area contributed by atoms with Crippen molar-refractivity contribution in [2.24, 2.45) is 0 Å². The van der Waals surface area contributed by atoms with Crippen LogP contribution in [0.5, 0.6) is 0 Å². The number of rotatable bonds is 5. The molecule has 2 atom stereocenters. The van der Waals surface area contributed by atoms with Gasteiger partial charge in [0.25, 0.3) is 0 Å². The van der Waals surface area contributed by atoms with Gasteiger partial charge in [-0.05, 0) is 49.8 Å². The minimum absolute atomic E-state index is 0.290. The molecule has 7 heteroatoms. The molecule has 0 spiro atoms. The first-order chi connectivity index (χ1) is 13.5. The smallest absolute Gasteiger partial charge is 0.309 e. The summed E-state index contributed by atoms with van der Waals surface area (Å²) in [6.45, 7) is 1.17. The molecule has 0 radical (unpaired) electrons. The van der Waals surface area contributed by atoms with E-state index >= 15 is 0 Å². The fourth-order valence-corrected chi connectivity index (χ4v) is 5.43. The van der Waals surface area contributed by atoms with Crippen molar-refractivity contribution in [3.8, 4) is 0 Å². The Hall–Kier alpha value is -1.98. The number of aromatic nitrogens is 1.